The number of aromatic nitrogens is 2. The zero-order chi connectivity index (χ0) is 14.4. The zero-order valence-electron chi connectivity index (χ0n) is 11.7. The summed E-state index contributed by atoms with van der Waals surface area (Å²) in [5, 5.41) is 7.38. The van der Waals surface area contributed by atoms with Crippen LogP contribution in [0.25, 0.3) is 11.3 Å². The number of aromatic amines is 1. The zero-order valence-corrected chi connectivity index (χ0v) is 11.7. The van der Waals surface area contributed by atoms with Crippen molar-refractivity contribution in [3.8, 4) is 11.3 Å². The summed E-state index contributed by atoms with van der Waals surface area (Å²) in [5.74, 6) is -0.793. The molecule has 2 aromatic rings. The number of fused-ring (bicyclic) bond motifs is 1. The molecule has 0 atom stereocenters. The molecule has 5 heteroatoms. The van der Waals surface area contributed by atoms with E-state index >= 15 is 0 Å². The van der Waals surface area contributed by atoms with Crippen molar-refractivity contribution in [2.45, 2.75) is 25.8 Å². The fraction of sp³-hybridized carbons (Fsp3) is 0.438. The van der Waals surface area contributed by atoms with E-state index in [-0.39, 0.29) is 0 Å². The molecule has 1 aromatic heterocycles. The summed E-state index contributed by atoms with van der Waals surface area (Å²) in [6, 6.07) is 3.98. The molecule has 0 spiro atoms. The van der Waals surface area contributed by atoms with Crippen LogP contribution in [0.5, 0.6) is 0 Å². The maximum atomic E-state index is 13.4. The van der Waals surface area contributed by atoms with Crippen molar-refractivity contribution in [2.75, 3.05) is 13.1 Å². The van der Waals surface area contributed by atoms with Gasteiger partial charge in [0.05, 0.1) is 5.69 Å². The molecule has 0 bridgehead atoms. The summed E-state index contributed by atoms with van der Waals surface area (Å²) in [6.07, 6.45) is 3.62. The first-order chi connectivity index (χ1) is 10.2. The van der Waals surface area contributed by atoms with Crippen molar-refractivity contribution < 1.29 is 8.78 Å². The normalized spacial score (nSPS) is 18.8. The van der Waals surface area contributed by atoms with E-state index in [1.165, 1.54) is 18.9 Å². The third kappa shape index (κ3) is 2.46. The van der Waals surface area contributed by atoms with Gasteiger partial charge in [0.25, 0.3) is 0 Å². The molecule has 0 amide bonds. The fourth-order valence-electron chi connectivity index (χ4n) is 3.05. The molecule has 3 nitrogen and oxygen atoms in total. The van der Waals surface area contributed by atoms with Crippen LogP contribution in [0.15, 0.2) is 18.2 Å². The lowest BCUT2D eigenvalue weighted by Gasteiger charge is -2.26. The number of H-pyrrole nitrogens is 1. The highest BCUT2D eigenvalue weighted by Crippen LogP contribution is 2.33. The van der Waals surface area contributed by atoms with E-state index in [1.807, 2.05) is 0 Å². The summed E-state index contributed by atoms with van der Waals surface area (Å²) < 4.78 is 26.5. The van der Waals surface area contributed by atoms with Crippen LogP contribution < -0.4 is 0 Å². The highest BCUT2D eigenvalue weighted by atomic mass is 19.2. The average Bonchev–Trinajstić information content (AvgIpc) is 3.19. The first kappa shape index (κ1) is 13.0. The van der Waals surface area contributed by atoms with Gasteiger partial charge >= 0.3 is 0 Å². The lowest BCUT2D eigenvalue weighted by atomic mass is 10.0. The molecule has 1 saturated carbocycles. The first-order valence-corrected chi connectivity index (χ1v) is 7.44. The van der Waals surface area contributed by atoms with Crippen LogP contribution in [0, 0.1) is 17.6 Å². The number of benzene rings is 1. The van der Waals surface area contributed by atoms with E-state index in [0.717, 1.165) is 55.0 Å². The maximum absolute atomic E-state index is 13.4. The molecule has 1 aromatic carbocycles. The van der Waals surface area contributed by atoms with Crippen LogP contribution in [0.3, 0.4) is 0 Å². The lowest BCUT2D eigenvalue weighted by molar-refractivity contribution is 0.243. The van der Waals surface area contributed by atoms with Gasteiger partial charge < -0.3 is 0 Å². The van der Waals surface area contributed by atoms with E-state index in [4.69, 9.17) is 0 Å². The van der Waals surface area contributed by atoms with Gasteiger partial charge in [0.2, 0.25) is 0 Å². The number of halogens is 2. The molecule has 1 aliphatic heterocycles. The highest BCUT2D eigenvalue weighted by molar-refractivity contribution is 5.64. The minimum atomic E-state index is -0.824. The third-order valence-electron chi connectivity index (χ3n) is 4.42. The molecule has 110 valence electrons. The number of nitrogens with zero attached hydrogens (tertiary/aromatic N) is 2. The standard InChI is InChI=1S/C16H17F2N3/c17-13-4-3-11(7-14(13)18)16-12-9-21(8-10-1-2-10)6-5-15(12)19-20-16/h3-4,7,10H,1-2,5-6,8-9H2,(H,19,20). The largest absolute Gasteiger partial charge is 0.298 e. The van der Waals surface area contributed by atoms with Gasteiger partial charge in [-0.25, -0.2) is 8.78 Å². The average molecular weight is 289 g/mol. The minimum absolute atomic E-state index is 0.639. The first-order valence-electron chi connectivity index (χ1n) is 7.44. The SMILES string of the molecule is Fc1ccc(-c2n[nH]c3c2CN(CC2CC2)CC3)cc1F. The molecule has 4 rings (SSSR count). The molecule has 0 saturated heterocycles. The number of hydrogen-bond donors (Lipinski definition) is 1. The Hall–Kier alpha value is -1.75. The van der Waals surface area contributed by atoms with Crippen molar-refractivity contribution in [3.63, 3.8) is 0 Å². The Kier molecular flexibility index (Phi) is 3.03. The quantitative estimate of drug-likeness (QED) is 0.941. The minimum Gasteiger partial charge on any atom is -0.298 e. The van der Waals surface area contributed by atoms with Crippen LogP contribution >= 0.6 is 0 Å². The molecular formula is C16H17F2N3. The number of hydrogen-bond acceptors (Lipinski definition) is 2. The van der Waals surface area contributed by atoms with E-state index < -0.39 is 11.6 Å². The second kappa shape index (κ2) is 4.91. The Morgan fingerprint density at radius 1 is 1.24 bits per heavy atom. The Bertz CT molecular complexity index is 676. The monoisotopic (exact) mass is 289 g/mol. The molecular weight excluding hydrogens is 272 g/mol. The van der Waals surface area contributed by atoms with Crippen LogP contribution in [-0.2, 0) is 13.0 Å². The summed E-state index contributed by atoms with van der Waals surface area (Å²) in [5.41, 5.74) is 3.65. The second-order valence-corrected chi connectivity index (χ2v) is 6.09. The van der Waals surface area contributed by atoms with Crippen molar-refractivity contribution in [3.05, 3.63) is 41.1 Å². The van der Waals surface area contributed by atoms with Crippen LogP contribution in [0.2, 0.25) is 0 Å². The molecule has 1 N–H and O–H groups in total. The molecule has 0 unspecified atom stereocenters. The molecule has 21 heavy (non-hydrogen) atoms. The molecule has 1 fully saturated rings. The maximum Gasteiger partial charge on any atom is 0.159 e. The van der Waals surface area contributed by atoms with Crippen molar-refractivity contribution in [2.24, 2.45) is 5.92 Å². The Balaban J connectivity index is 1.64. The predicted octanol–water partition coefficient (Wildman–Crippen LogP) is 3.12. The molecule has 1 aliphatic carbocycles. The van der Waals surface area contributed by atoms with Gasteiger partial charge in [-0.2, -0.15) is 5.10 Å². The molecule has 2 heterocycles. The third-order valence-corrected chi connectivity index (χ3v) is 4.42. The molecule has 0 radical (unpaired) electrons. The topological polar surface area (TPSA) is 31.9 Å². The van der Waals surface area contributed by atoms with E-state index in [2.05, 4.69) is 15.1 Å². The van der Waals surface area contributed by atoms with Crippen LogP contribution in [-0.4, -0.2) is 28.2 Å². The van der Waals surface area contributed by atoms with Crippen molar-refractivity contribution >= 4 is 0 Å². The predicted molar refractivity (Wildman–Crippen MR) is 75.6 cm³/mol. The summed E-state index contributed by atoms with van der Waals surface area (Å²) >= 11 is 0. The molecule has 2 aliphatic rings. The van der Waals surface area contributed by atoms with Crippen molar-refractivity contribution in [1.29, 1.82) is 0 Å². The summed E-state index contributed by atoms with van der Waals surface area (Å²) in [6.45, 7) is 3.03. The van der Waals surface area contributed by atoms with Gasteiger partial charge in [-0.1, -0.05) is 0 Å². The van der Waals surface area contributed by atoms with Gasteiger partial charge in [0, 0.05) is 42.9 Å². The van der Waals surface area contributed by atoms with Crippen LogP contribution in [0.1, 0.15) is 24.1 Å². The van der Waals surface area contributed by atoms with Crippen molar-refractivity contribution in [1.82, 2.24) is 15.1 Å². The Labute approximate surface area is 122 Å². The summed E-state index contributed by atoms with van der Waals surface area (Å²) in [7, 11) is 0. The number of rotatable bonds is 3. The Morgan fingerprint density at radius 2 is 2.10 bits per heavy atom. The number of nitrogens with one attached hydrogen (secondary N) is 1. The highest BCUT2D eigenvalue weighted by Gasteiger charge is 2.28. The van der Waals surface area contributed by atoms with Gasteiger partial charge in [-0.15, -0.1) is 0 Å². The fourth-order valence-corrected chi connectivity index (χ4v) is 3.05. The van der Waals surface area contributed by atoms with E-state index in [1.54, 1.807) is 6.07 Å². The van der Waals surface area contributed by atoms with Gasteiger partial charge in [0.15, 0.2) is 11.6 Å². The second-order valence-electron chi connectivity index (χ2n) is 6.09. The lowest BCUT2D eigenvalue weighted by Crippen LogP contribution is -2.32. The summed E-state index contributed by atoms with van der Waals surface area (Å²) in [4.78, 5) is 2.44. The van der Waals surface area contributed by atoms with E-state index in [9.17, 15) is 8.78 Å². The van der Waals surface area contributed by atoms with Crippen LogP contribution in [0.4, 0.5) is 8.78 Å². The van der Waals surface area contributed by atoms with Gasteiger partial charge in [-0.3, -0.25) is 10.00 Å². The smallest absolute Gasteiger partial charge is 0.159 e. The van der Waals surface area contributed by atoms with Gasteiger partial charge in [0.1, 0.15) is 0 Å². The van der Waals surface area contributed by atoms with E-state index in [0.29, 0.717) is 5.56 Å². The Morgan fingerprint density at radius 3 is 2.86 bits per heavy atom. The van der Waals surface area contributed by atoms with Gasteiger partial charge in [-0.05, 0) is 37.0 Å².